The number of nitrogens with one attached hydrogen (secondary N) is 1. The third-order valence-electron chi connectivity index (χ3n) is 2.94. The number of sulfone groups is 1. The third-order valence-corrected chi connectivity index (χ3v) is 3.80. The van der Waals surface area contributed by atoms with E-state index >= 15 is 0 Å². The second kappa shape index (κ2) is 5.58. The highest BCUT2D eigenvalue weighted by Crippen LogP contribution is 2.22. The minimum atomic E-state index is -3.54. The number of rotatable bonds is 3. The van der Waals surface area contributed by atoms with Crippen molar-refractivity contribution in [2.24, 2.45) is 0 Å². The zero-order valence-electron chi connectivity index (χ0n) is 11.9. The van der Waals surface area contributed by atoms with Crippen LogP contribution in [0, 0.1) is 11.3 Å². The van der Waals surface area contributed by atoms with Crippen LogP contribution in [0.1, 0.15) is 5.56 Å². The zero-order valence-corrected chi connectivity index (χ0v) is 12.7. The molecule has 23 heavy (non-hydrogen) atoms. The Balaban J connectivity index is 2.11. The van der Waals surface area contributed by atoms with Crippen molar-refractivity contribution in [1.82, 2.24) is 19.9 Å². The van der Waals surface area contributed by atoms with Crippen LogP contribution in [-0.4, -0.2) is 34.6 Å². The van der Waals surface area contributed by atoms with Gasteiger partial charge in [-0.25, -0.2) is 28.4 Å². The Morgan fingerprint density at radius 3 is 2.78 bits per heavy atom. The lowest BCUT2D eigenvalue weighted by Gasteiger charge is -2.08. The second-order valence-corrected chi connectivity index (χ2v) is 6.61. The zero-order chi connectivity index (χ0) is 16.4. The average Bonchev–Trinajstić information content (AvgIpc) is 2.54. The van der Waals surface area contributed by atoms with Gasteiger partial charge in [-0.15, -0.1) is 0 Å². The maximum absolute atomic E-state index is 11.6. The van der Waals surface area contributed by atoms with E-state index in [1.165, 1.54) is 12.5 Å². The van der Waals surface area contributed by atoms with Crippen LogP contribution in [0.5, 0.6) is 0 Å². The second-order valence-electron chi connectivity index (χ2n) is 4.70. The van der Waals surface area contributed by atoms with Crippen LogP contribution in [0.3, 0.4) is 0 Å². The van der Waals surface area contributed by atoms with Gasteiger partial charge in [0.1, 0.15) is 17.4 Å². The van der Waals surface area contributed by atoms with Crippen molar-refractivity contribution in [1.29, 1.82) is 5.26 Å². The van der Waals surface area contributed by atoms with E-state index in [1.54, 1.807) is 24.3 Å². The highest BCUT2D eigenvalue weighted by Gasteiger charge is 2.14. The van der Waals surface area contributed by atoms with Crippen LogP contribution in [0.2, 0.25) is 0 Å². The molecule has 2 heterocycles. The van der Waals surface area contributed by atoms with Gasteiger partial charge in [-0.05, 0) is 18.2 Å². The van der Waals surface area contributed by atoms with Gasteiger partial charge in [0.2, 0.25) is 15.0 Å². The number of fused-ring (bicyclic) bond motifs is 1. The van der Waals surface area contributed by atoms with E-state index in [0.29, 0.717) is 22.6 Å². The summed E-state index contributed by atoms with van der Waals surface area (Å²) in [6.45, 7) is 0. The molecule has 1 N–H and O–H groups in total. The number of nitriles is 1. The smallest absolute Gasteiger partial charge is 0.247 e. The maximum Gasteiger partial charge on any atom is 0.247 e. The molecule has 0 saturated heterocycles. The summed E-state index contributed by atoms with van der Waals surface area (Å²) >= 11 is 0. The fourth-order valence-electron chi connectivity index (χ4n) is 1.91. The molecule has 0 amide bonds. The summed E-state index contributed by atoms with van der Waals surface area (Å²) in [6, 6.07) is 8.84. The lowest BCUT2D eigenvalue weighted by molar-refractivity contribution is 0.593. The molecule has 0 spiro atoms. The summed E-state index contributed by atoms with van der Waals surface area (Å²) in [5.41, 5.74) is 1.81. The lowest BCUT2D eigenvalue weighted by Crippen LogP contribution is -2.06. The number of hydrogen-bond acceptors (Lipinski definition) is 8. The van der Waals surface area contributed by atoms with Crippen LogP contribution >= 0.6 is 0 Å². The molecular formula is C14H10N6O2S. The molecule has 8 nitrogen and oxygen atoms in total. The summed E-state index contributed by atoms with van der Waals surface area (Å²) in [7, 11) is -3.54. The topological polar surface area (TPSA) is 122 Å². The molecule has 0 fully saturated rings. The van der Waals surface area contributed by atoms with Gasteiger partial charge in [-0.3, -0.25) is 0 Å². The Kier molecular flexibility index (Phi) is 3.59. The predicted molar refractivity (Wildman–Crippen MR) is 82.7 cm³/mol. The van der Waals surface area contributed by atoms with E-state index in [2.05, 4.69) is 25.3 Å². The number of anilines is 2. The monoisotopic (exact) mass is 326 g/mol. The summed E-state index contributed by atoms with van der Waals surface area (Å²) in [4.78, 5) is 15.9. The molecule has 114 valence electrons. The van der Waals surface area contributed by atoms with E-state index in [4.69, 9.17) is 5.26 Å². The first-order valence-electron chi connectivity index (χ1n) is 6.42. The summed E-state index contributed by atoms with van der Waals surface area (Å²) in [6.07, 6.45) is 3.68. The summed E-state index contributed by atoms with van der Waals surface area (Å²) in [5.74, 6) is 0.331. The molecule has 0 unspecified atom stereocenters. The van der Waals surface area contributed by atoms with Crippen molar-refractivity contribution >= 4 is 32.4 Å². The average molecular weight is 326 g/mol. The highest BCUT2D eigenvalue weighted by molar-refractivity contribution is 7.90. The van der Waals surface area contributed by atoms with Crippen molar-refractivity contribution in [3.8, 4) is 6.07 Å². The van der Waals surface area contributed by atoms with Crippen LogP contribution in [0.25, 0.3) is 11.0 Å². The van der Waals surface area contributed by atoms with Crippen molar-refractivity contribution in [2.75, 3.05) is 11.6 Å². The van der Waals surface area contributed by atoms with E-state index in [-0.39, 0.29) is 10.7 Å². The van der Waals surface area contributed by atoms with Crippen LogP contribution in [0.4, 0.5) is 11.5 Å². The normalized spacial score (nSPS) is 11.1. The highest BCUT2D eigenvalue weighted by atomic mass is 32.2. The molecule has 0 saturated carbocycles. The molecule has 9 heteroatoms. The standard InChI is InChI=1S/C14H10N6O2S/c1-23(21,22)14-16-7-11-12(20-14)13(18-8-17-11)19-10-4-2-3-9(5-10)6-15/h2-5,7-8H,1H3,(H,17,18,19). The van der Waals surface area contributed by atoms with Crippen molar-refractivity contribution in [3.63, 3.8) is 0 Å². The number of aromatic nitrogens is 4. The van der Waals surface area contributed by atoms with Crippen molar-refractivity contribution < 1.29 is 8.42 Å². The number of hydrogen-bond donors (Lipinski definition) is 1. The minimum Gasteiger partial charge on any atom is -0.338 e. The van der Waals surface area contributed by atoms with E-state index in [0.717, 1.165) is 6.26 Å². The summed E-state index contributed by atoms with van der Waals surface area (Å²) < 4.78 is 23.2. The van der Waals surface area contributed by atoms with E-state index in [1.807, 2.05) is 6.07 Å². The Labute approximate surface area is 131 Å². The van der Waals surface area contributed by atoms with Crippen molar-refractivity contribution in [3.05, 3.63) is 42.4 Å². The van der Waals surface area contributed by atoms with Crippen molar-refractivity contribution in [2.45, 2.75) is 5.16 Å². The van der Waals surface area contributed by atoms with Gasteiger partial charge in [-0.2, -0.15) is 5.26 Å². The molecular weight excluding hydrogens is 316 g/mol. The molecule has 1 aromatic carbocycles. The van der Waals surface area contributed by atoms with E-state index < -0.39 is 9.84 Å². The van der Waals surface area contributed by atoms with Crippen LogP contribution < -0.4 is 5.32 Å². The molecule has 0 aliphatic heterocycles. The Morgan fingerprint density at radius 1 is 1.22 bits per heavy atom. The van der Waals surface area contributed by atoms with Gasteiger partial charge in [0.15, 0.2) is 5.82 Å². The van der Waals surface area contributed by atoms with Crippen LogP contribution in [0.15, 0.2) is 41.9 Å². The molecule has 2 aromatic heterocycles. The lowest BCUT2D eigenvalue weighted by atomic mass is 10.2. The van der Waals surface area contributed by atoms with Gasteiger partial charge in [0.05, 0.1) is 17.8 Å². The molecule has 0 radical (unpaired) electrons. The van der Waals surface area contributed by atoms with E-state index in [9.17, 15) is 8.42 Å². The Morgan fingerprint density at radius 2 is 2.04 bits per heavy atom. The minimum absolute atomic E-state index is 0.283. The molecule has 0 aliphatic rings. The molecule has 3 rings (SSSR count). The first-order chi connectivity index (χ1) is 11.0. The van der Waals surface area contributed by atoms with Gasteiger partial charge in [-0.1, -0.05) is 6.07 Å². The number of benzene rings is 1. The molecule has 3 aromatic rings. The fraction of sp³-hybridized carbons (Fsp3) is 0.0714. The Hall–Kier alpha value is -3.12. The number of nitrogens with zero attached hydrogens (tertiary/aromatic N) is 5. The largest absolute Gasteiger partial charge is 0.338 e. The first-order valence-corrected chi connectivity index (χ1v) is 8.31. The maximum atomic E-state index is 11.6. The fourth-order valence-corrected chi connectivity index (χ4v) is 2.41. The summed E-state index contributed by atoms with van der Waals surface area (Å²) in [5, 5.41) is 11.7. The van der Waals surface area contributed by atoms with Gasteiger partial charge >= 0.3 is 0 Å². The van der Waals surface area contributed by atoms with Gasteiger partial charge in [0.25, 0.3) is 0 Å². The molecule has 0 atom stereocenters. The third kappa shape index (κ3) is 3.07. The SMILES string of the molecule is CS(=O)(=O)c1ncc2ncnc(Nc3cccc(C#N)c3)c2n1. The first kappa shape index (κ1) is 14.8. The molecule has 0 aliphatic carbocycles. The van der Waals surface area contributed by atoms with Crippen LogP contribution in [-0.2, 0) is 9.84 Å². The van der Waals surface area contributed by atoms with Gasteiger partial charge in [0, 0.05) is 11.9 Å². The molecule has 0 bridgehead atoms. The quantitative estimate of drug-likeness (QED) is 0.717. The predicted octanol–water partition coefficient (Wildman–Crippen LogP) is 1.44. The Bertz CT molecular complexity index is 1040. The van der Waals surface area contributed by atoms with Gasteiger partial charge < -0.3 is 5.32 Å².